The first-order valence-electron chi connectivity index (χ1n) is 3.80. The van der Waals surface area contributed by atoms with Crippen LogP contribution in [0.1, 0.15) is 5.56 Å². The maximum Gasteiger partial charge on any atom is 0.136 e. The van der Waals surface area contributed by atoms with Crippen molar-refractivity contribution in [2.24, 2.45) is 0 Å². The fraction of sp³-hybridized carbons (Fsp3) is 0.222. The molecule has 0 aliphatic carbocycles. The largest absolute Gasteiger partial charge is 0.380 e. The van der Waals surface area contributed by atoms with Crippen LogP contribution < -0.4 is 0 Å². The fourth-order valence-electron chi connectivity index (χ4n) is 1.21. The standard InChI is InChI=1S/C9H10N2O/c1-12-7-8-2-4-11-5-3-10-9(11)6-8/h2-6H,7H2,1H3. The Bertz CT molecular complexity index is 381. The number of aromatic nitrogens is 2. The Balaban J connectivity index is 2.46. The highest BCUT2D eigenvalue weighted by molar-refractivity contribution is 5.40. The van der Waals surface area contributed by atoms with Crippen LogP contribution in [0.25, 0.3) is 5.65 Å². The van der Waals surface area contributed by atoms with E-state index in [9.17, 15) is 0 Å². The minimum Gasteiger partial charge on any atom is -0.380 e. The average molecular weight is 162 g/mol. The summed E-state index contributed by atoms with van der Waals surface area (Å²) in [4.78, 5) is 4.17. The summed E-state index contributed by atoms with van der Waals surface area (Å²) in [7, 11) is 1.69. The number of fused-ring (bicyclic) bond motifs is 1. The molecule has 2 rings (SSSR count). The van der Waals surface area contributed by atoms with Crippen molar-refractivity contribution < 1.29 is 4.74 Å². The summed E-state index contributed by atoms with van der Waals surface area (Å²) >= 11 is 0. The van der Waals surface area contributed by atoms with Crippen molar-refractivity contribution in [3.05, 3.63) is 36.3 Å². The van der Waals surface area contributed by atoms with Gasteiger partial charge in [-0.15, -0.1) is 0 Å². The van der Waals surface area contributed by atoms with Crippen molar-refractivity contribution in [1.29, 1.82) is 0 Å². The molecule has 0 amide bonds. The van der Waals surface area contributed by atoms with Gasteiger partial charge in [-0.05, 0) is 17.7 Å². The number of rotatable bonds is 2. The van der Waals surface area contributed by atoms with E-state index in [1.807, 2.05) is 28.9 Å². The SMILES string of the molecule is COCc1ccn2ccnc2c1. The minimum atomic E-state index is 0.642. The van der Waals surface area contributed by atoms with Crippen LogP contribution in [0.3, 0.4) is 0 Å². The number of ether oxygens (including phenoxy) is 1. The van der Waals surface area contributed by atoms with E-state index in [4.69, 9.17) is 4.74 Å². The normalized spacial score (nSPS) is 10.8. The second kappa shape index (κ2) is 2.95. The molecule has 0 bridgehead atoms. The molecule has 0 fully saturated rings. The zero-order chi connectivity index (χ0) is 8.39. The van der Waals surface area contributed by atoms with Crippen molar-refractivity contribution >= 4 is 5.65 Å². The Hall–Kier alpha value is -1.35. The molecule has 2 aromatic heterocycles. The van der Waals surface area contributed by atoms with E-state index in [1.165, 1.54) is 0 Å². The Labute approximate surface area is 70.6 Å². The lowest BCUT2D eigenvalue weighted by Gasteiger charge is -1.99. The van der Waals surface area contributed by atoms with E-state index in [1.54, 1.807) is 13.3 Å². The van der Waals surface area contributed by atoms with Gasteiger partial charge >= 0.3 is 0 Å². The molecule has 12 heavy (non-hydrogen) atoms. The molecule has 0 aliphatic heterocycles. The molecule has 2 heterocycles. The minimum absolute atomic E-state index is 0.642. The maximum atomic E-state index is 5.02. The van der Waals surface area contributed by atoms with Crippen LogP contribution in [0.2, 0.25) is 0 Å². The summed E-state index contributed by atoms with van der Waals surface area (Å²) in [6.07, 6.45) is 5.69. The summed E-state index contributed by atoms with van der Waals surface area (Å²) in [6.45, 7) is 0.642. The first kappa shape index (κ1) is 7.31. The van der Waals surface area contributed by atoms with E-state index in [0.717, 1.165) is 11.2 Å². The monoisotopic (exact) mass is 162 g/mol. The Kier molecular flexibility index (Phi) is 1.80. The number of hydrogen-bond acceptors (Lipinski definition) is 2. The third kappa shape index (κ3) is 1.19. The fourth-order valence-corrected chi connectivity index (χ4v) is 1.21. The molecule has 0 saturated heterocycles. The lowest BCUT2D eigenvalue weighted by atomic mass is 10.3. The van der Waals surface area contributed by atoms with Crippen LogP contribution in [0.5, 0.6) is 0 Å². The molecule has 2 aromatic rings. The van der Waals surface area contributed by atoms with Crippen molar-refractivity contribution in [1.82, 2.24) is 9.38 Å². The summed E-state index contributed by atoms with van der Waals surface area (Å²) in [5.41, 5.74) is 2.11. The van der Waals surface area contributed by atoms with Crippen LogP contribution in [-0.2, 0) is 11.3 Å². The first-order valence-corrected chi connectivity index (χ1v) is 3.80. The van der Waals surface area contributed by atoms with Crippen LogP contribution in [0.15, 0.2) is 30.7 Å². The van der Waals surface area contributed by atoms with Crippen LogP contribution in [0.4, 0.5) is 0 Å². The van der Waals surface area contributed by atoms with Gasteiger partial charge in [0.1, 0.15) is 5.65 Å². The van der Waals surface area contributed by atoms with Crippen LogP contribution >= 0.6 is 0 Å². The van der Waals surface area contributed by atoms with Gasteiger partial charge in [-0.25, -0.2) is 4.98 Å². The van der Waals surface area contributed by atoms with Gasteiger partial charge in [0, 0.05) is 25.7 Å². The highest BCUT2D eigenvalue weighted by Crippen LogP contribution is 2.05. The Morgan fingerprint density at radius 3 is 3.25 bits per heavy atom. The number of imidazole rings is 1. The Morgan fingerprint density at radius 2 is 2.42 bits per heavy atom. The predicted octanol–water partition coefficient (Wildman–Crippen LogP) is 1.48. The molecular formula is C9H10N2O. The van der Waals surface area contributed by atoms with Crippen molar-refractivity contribution in [3.8, 4) is 0 Å². The van der Waals surface area contributed by atoms with E-state index >= 15 is 0 Å². The average Bonchev–Trinajstić information content (AvgIpc) is 2.51. The lowest BCUT2D eigenvalue weighted by Crippen LogP contribution is -1.89. The molecule has 0 aliphatic rings. The predicted molar refractivity (Wildman–Crippen MR) is 45.9 cm³/mol. The van der Waals surface area contributed by atoms with Gasteiger partial charge in [0.2, 0.25) is 0 Å². The summed E-state index contributed by atoms with van der Waals surface area (Å²) in [5, 5.41) is 0. The first-order chi connectivity index (χ1) is 5.90. The van der Waals surface area contributed by atoms with Gasteiger partial charge in [-0.1, -0.05) is 0 Å². The second-order valence-electron chi connectivity index (χ2n) is 2.66. The zero-order valence-electron chi connectivity index (χ0n) is 6.90. The van der Waals surface area contributed by atoms with E-state index < -0.39 is 0 Å². The summed E-state index contributed by atoms with van der Waals surface area (Å²) in [6, 6.07) is 4.04. The van der Waals surface area contributed by atoms with Crippen molar-refractivity contribution in [3.63, 3.8) is 0 Å². The molecule has 0 radical (unpaired) electrons. The molecule has 0 N–H and O–H groups in total. The number of methoxy groups -OCH3 is 1. The second-order valence-corrected chi connectivity index (χ2v) is 2.66. The highest BCUT2D eigenvalue weighted by Gasteiger charge is 1.95. The van der Waals surface area contributed by atoms with Gasteiger partial charge in [-0.3, -0.25) is 0 Å². The van der Waals surface area contributed by atoms with Crippen LogP contribution in [-0.4, -0.2) is 16.5 Å². The number of pyridine rings is 1. The van der Waals surface area contributed by atoms with E-state index in [2.05, 4.69) is 4.98 Å². The smallest absolute Gasteiger partial charge is 0.136 e. The van der Waals surface area contributed by atoms with Gasteiger partial charge in [0.05, 0.1) is 6.61 Å². The Morgan fingerprint density at radius 1 is 1.50 bits per heavy atom. The van der Waals surface area contributed by atoms with E-state index in [-0.39, 0.29) is 0 Å². The topological polar surface area (TPSA) is 26.5 Å². The van der Waals surface area contributed by atoms with E-state index in [0.29, 0.717) is 6.61 Å². The molecule has 0 spiro atoms. The van der Waals surface area contributed by atoms with Gasteiger partial charge in [0.15, 0.2) is 0 Å². The van der Waals surface area contributed by atoms with Crippen LogP contribution in [0, 0.1) is 0 Å². The highest BCUT2D eigenvalue weighted by atomic mass is 16.5. The molecule has 62 valence electrons. The summed E-state index contributed by atoms with van der Waals surface area (Å²) in [5.74, 6) is 0. The molecule has 3 heteroatoms. The van der Waals surface area contributed by atoms with Gasteiger partial charge < -0.3 is 9.14 Å². The molecule has 3 nitrogen and oxygen atoms in total. The van der Waals surface area contributed by atoms with Gasteiger partial charge in [-0.2, -0.15) is 0 Å². The van der Waals surface area contributed by atoms with Gasteiger partial charge in [0.25, 0.3) is 0 Å². The molecule has 0 atom stereocenters. The molecular weight excluding hydrogens is 152 g/mol. The maximum absolute atomic E-state index is 5.02. The molecule has 0 unspecified atom stereocenters. The third-order valence-electron chi connectivity index (χ3n) is 1.77. The van der Waals surface area contributed by atoms with Crippen molar-refractivity contribution in [2.45, 2.75) is 6.61 Å². The molecule has 0 aromatic carbocycles. The third-order valence-corrected chi connectivity index (χ3v) is 1.77. The molecule has 0 saturated carbocycles. The zero-order valence-corrected chi connectivity index (χ0v) is 6.90. The van der Waals surface area contributed by atoms with Crippen molar-refractivity contribution in [2.75, 3.05) is 7.11 Å². The summed E-state index contributed by atoms with van der Waals surface area (Å²) < 4.78 is 6.99. The lowest BCUT2D eigenvalue weighted by molar-refractivity contribution is 0.185. The number of hydrogen-bond donors (Lipinski definition) is 0. The quantitative estimate of drug-likeness (QED) is 0.668. The number of nitrogens with zero attached hydrogens (tertiary/aromatic N) is 2.